The summed E-state index contributed by atoms with van der Waals surface area (Å²) in [5.41, 5.74) is 0.216. The van der Waals surface area contributed by atoms with Gasteiger partial charge in [0, 0.05) is 19.8 Å². The second-order valence-corrected chi connectivity index (χ2v) is 6.28. The molecule has 2 N–H and O–H groups in total. The van der Waals surface area contributed by atoms with Crippen molar-refractivity contribution in [3.05, 3.63) is 0 Å². The van der Waals surface area contributed by atoms with Gasteiger partial charge >= 0.3 is 0 Å². The molecule has 4 nitrogen and oxygen atoms in total. The van der Waals surface area contributed by atoms with Gasteiger partial charge in [-0.15, -0.1) is 0 Å². The van der Waals surface area contributed by atoms with E-state index in [1.807, 2.05) is 0 Å². The van der Waals surface area contributed by atoms with Crippen LogP contribution in [-0.2, 0) is 9.53 Å². The van der Waals surface area contributed by atoms with E-state index in [0.717, 1.165) is 45.6 Å². The highest BCUT2D eigenvalue weighted by molar-refractivity contribution is 5.81. The summed E-state index contributed by atoms with van der Waals surface area (Å²) in [6.45, 7) is 7.86. The van der Waals surface area contributed by atoms with E-state index in [2.05, 4.69) is 24.5 Å². The minimum Gasteiger partial charge on any atom is -0.381 e. The number of carbonyl (C=O) groups is 1. The molecule has 4 heteroatoms. The largest absolute Gasteiger partial charge is 0.381 e. The van der Waals surface area contributed by atoms with Crippen molar-refractivity contribution in [3.8, 4) is 0 Å². The Balaban J connectivity index is 1.76. The van der Waals surface area contributed by atoms with E-state index in [1.54, 1.807) is 0 Å². The van der Waals surface area contributed by atoms with Crippen LogP contribution in [0.3, 0.4) is 0 Å². The van der Waals surface area contributed by atoms with Crippen molar-refractivity contribution in [2.75, 3.05) is 26.3 Å². The lowest BCUT2D eigenvalue weighted by molar-refractivity contribution is -0.124. The molecule has 104 valence electrons. The molecule has 0 spiro atoms. The Morgan fingerprint density at radius 1 is 1.44 bits per heavy atom. The Morgan fingerprint density at radius 3 is 2.83 bits per heavy atom. The van der Waals surface area contributed by atoms with Crippen LogP contribution in [0.2, 0.25) is 0 Å². The number of nitrogens with one attached hydrogen (secondary N) is 2. The van der Waals surface area contributed by atoms with Crippen LogP contribution in [0.5, 0.6) is 0 Å². The molecule has 2 heterocycles. The minimum absolute atomic E-state index is 0.0113. The number of ether oxygens (including phenoxy) is 1. The zero-order chi connectivity index (χ0) is 13.0. The van der Waals surface area contributed by atoms with Gasteiger partial charge in [-0.3, -0.25) is 4.79 Å². The minimum atomic E-state index is 0.0113. The number of amides is 1. The van der Waals surface area contributed by atoms with Gasteiger partial charge in [-0.1, -0.05) is 13.8 Å². The molecule has 1 amide bonds. The molecule has 2 aliphatic heterocycles. The molecule has 0 aromatic carbocycles. The molecule has 0 aliphatic carbocycles. The van der Waals surface area contributed by atoms with Crippen LogP contribution in [0, 0.1) is 11.3 Å². The Morgan fingerprint density at radius 2 is 2.17 bits per heavy atom. The fourth-order valence-corrected chi connectivity index (χ4v) is 2.77. The van der Waals surface area contributed by atoms with Crippen LogP contribution in [-0.4, -0.2) is 38.3 Å². The lowest BCUT2D eigenvalue weighted by Gasteiger charge is -2.34. The van der Waals surface area contributed by atoms with Gasteiger partial charge in [0.25, 0.3) is 0 Å². The quantitative estimate of drug-likeness (QED) is 0.798. The summed E-state index contributed by atoms with van der Waals surface area (Å²) >= 11 is 0. The van der Waals surface area contributed by atoms with Crippen molar-refractivity contribution in [1.29, 1.82) is 0 Å². The SMILES string of the molecule is CC1CCNC(C(=O)NCC2(C)CCOCC2)C1. The Labute approximate surface area is 110 Å². The fourth-order valence-electron chi connectivity index (χ4n) is 2.77. The molecular formula is C14H26N2O2. The maximum atomic E-state index is 12.1. The van der Waals surface area contributed by atoms with Crippen molar-refractivity contribution in [1.82, 2.24) is 10.6 Å². The topological polar surface area (TPSA) is 50.4 Å². The third kappa shape index (κ3) is 3.69. The van der Waals surface area contributed by atoms with Crippen molar-refractivity contribution < 1.29 is 9.53 Å². The first-order chi connectivity index (χ1) is 8.59. The van der Waals surface area contributed by atoms with Crippen LogP contribution in [0.25, 0.3) is 0 Å². The van der Waals surface area contributed by atoms with Crippen molar-refractivity contribution in [2.45, 2.75) is 45.6 Å². The maximum Gasteiger partial charge on any atom is 0.237 e. The van der Waals surface area contributed by atoms with E-state index in [4.69, 9.17) is 4.74 Å². The van der Waals surface area contributed by atoms with Gasteiger partial charge in [0.05, 0.1) is 6.04 Å². The highest BCUT2D eigenvalue weighted by Crippen LogP contribution is 2.28. The number of carbonyl (C=O) groups excluding carboxylic acids is 1. The molecule has 2 saturated heterocycles. The third-order valence-corrected chi connectivity index (χ3v) is 4.37. The summed E-state index contributed by atoms with van der Waals surface area (Å²) in [5.74, 6) is 0.829. The molecule has 0 radical (unpaired) electrons. The van der Waals surface area contributed by atoms with E-state index in [1.165, 1.54) is 6.42 Å². The zero-order valence-corrected chi connectivity index (χ0v) is 11.6. The molecule has 2 aliphatic rings. The fraction of sp³-hybridized carbons (Fsp3) is 0.929. The molecule has 2 atom stereocenters. The van der Waals surface area contributed by atoms with Crippen molar-refractivity contribution in [2.24, 2.45) is 11.3 Å². The Bertz CT molecular complexity index is 288. The van der Waals surface area contributed by atoms with Crippen LogP contribution in [0.4, 0.5) is 0 Å². The highest BCUT2D eigenvalue weighted by atomic mass is 16.5. The highest BCUT2D eigenvalue weighted by Gasteiger charge is 2.30. The van der Waals surface area contributed by atoms with Gasteiger partial charge in [-0.2, -0.15) is 0 Å². The first-order valence-corrected chi connectivity index (χ1v) is 7.18. The number of rotatable bonds is 3. The lowest BCUT2D eigenvalue weighted by Crippen LogP contribution is -2.50. The molecule has 0 aromatic rings. The van der Waals surface area contributed by atoms with Crippen LogP contribution >= 0.6 is 0 Å². The first kappa shape index (κ1) is 13.8. The normalized spacial score (nSPS) is 31.9. The number of piperidine rings is 1. The summed E-state index contributed by atoms with van der Waals surface area (Å²) in [6, 6.07) is 0.0113. The third-order valence-electron chi connectivity index (χ3n) is 4.37. The van der Waals surface area contributed by atoms with Gasteiger partial charge in [-0.25, -0.2) is 0 Å². The van der Waals surface area contributed by atoms with Gasteiger partial charge in [0.2, 0.25) is 5.91 Å². The first-order valence-electron chi connectivity index (χ1n) is 7.18. The van der Waals surface area contributed by atoms with Crippen molar-refractivity contribution in [3.63, 3.8) is 0 Å². The van der Waals surface area contributed by atoms with E-state index < -0.39 is 0 Å². The predicted molar refractivity (Wildman–Crippen MR) is 71.4 cm³/mol. The van der Waals surface area contributed by atoms with Gasteiger partial charge < -0.3 is 15.4 Å². The second-order valence-electron chi connectivity index (χ2n) is 6.28. The summed E-state index contributed by atoms with van der Waals surface area (Å²) < 4.78 is 5.38. The monoisotopic (exact) mass is 254 g/mol. The number of hydrogen-bond donors (Lipinski definition) is 2. The molecule has 2 rings (SSSR count). The summed E-state index contributed by atoms with van der Waals surface area (Å²) in [7, 11) is 0. The average molecular weight is 254 g/mol. The molecule has 18 heavy (non-hydrogen) atoms. The van der Waals surface area contributed by atoms with Crippen LogP contribution in [0.1, 0.15) is 39.5 Å². The summed E-state index contributed by atoms with van der Waals surface area (Å²) in [6.07, 6.45) is 4.23. The lowest BCUT2D eigenvalue weighted by atomic mass is 9.82. The molecule has 2 fully saturated rings. The van der Waals surface area contributed by atoms with Crippen LogP contribution < -0.4 is 10.6 Å². The summed E-state index contributed by atoms with van der Waals surface area (Å²) in [4.78, 5) is 12.1. The molecule has 0 bridgehead atoms. The smallest absolute Gasteiger partial charge is 0.237 e. The van der Waals surface area contributed by atoms with E-state index in [-0.39, 0.29) is 17.4 Å². The Hall–Kier alpha value is -0.610. The predicted octanol–water partition coefficient (Wildman–Crippen LogP) is 1.31. The molecule has 2 unspecified atom stereocenters. The molecule has 0 aromatic heterocycles. The van der Waals surface area contributed by atoms with E-state index in [0.29, 0.717) is 5.92 Å². The van der Waals surface area contributed by atoms with E-state index in [9.17, 15) is 4.79 Å². The van der Waals surface area contributed by atoms with Gasteiger partial charge in [0.1, 0.15) is 0 Å². The average Bonchev–Trinajstić information content (AvgIpc) is 2.37. The second kappa shape index (κ2) is 6.02. The van der Waals surface area contributed by atoms with Gasteiger partial charge in [-0.05, 0) is 43.6 Å². The van der Waals surface area contributed by atoms with Crippen molar-refractivity contribution >= 4 is 5.91 Å². The van der Waals surface area contributed by atoms with E-state index >= 15 is 0 Å². The summed E-state index contributed by atoms with van der Waals surface area (Å²) in [5, 5.41) is 6.44. The zero-order valence-electron chi connectivity index (χ0n) is 11.6. The molecule has 0 saturated carbocycles. The Kier molecular flexibility index (Phi) is 4.62. The number of hydrogen-bond acceptors (Lipinski definition) is 3. The van der Waals surface area contributed by atoms with Gasteiger partial charge in [0.15, 0.2) is 0 Å². The molecular weight excluding hydrogens is 228 g/mol. The standard InChI is InChI=1S/C14H26N2O2/c1-11-3-6-15-12(9-11)13(17)16-10-14(2)4-7-18-8-5-14/h11-12,15H,3-10H2,1-2H3,(H,16,17). The maximum absolute atomic E-state index is 12.1. The van der Waals surface area contributed by atoms with Crippen LogP contribution in [0.15, 0.2) is 0 Å².